The van der Waals surface area contributed by atoms with Crippen LogP contribution in [0.15, 0.2) is 18.2 Å². The summed E-state index contributed by atoms with van der Waals surface area (Å²) in [5, 5.41) is 3.31. The lowest BCUT2D eigenvalue weighted by Gasteiger charge is -2.42. The van der Waals surface area contributed by atoms with E-state index in [9.17, 15) is 13.2 Å². The van der Waals surface area contributed by atoms with Crippen LogP contribution in [0.2, 0.25) is 0 Å². The number of anilines is 1. The van der Waals surface area contributed by atoms with Crippen LogP contribution in [-0.2, 0) is 14.6 Å². The first kappa shape index (κ1) is 17.4. The van der Waals surface area contributed by atoms with Gasteiger partial charge in [-0.25, -0.2) is 8.42 Å². The summed E-state index contributed by atoms with van der Waals surface area (Å²) >= 11 is 0. The highest BCUT2D eigenvalue weighted by molar-refractivity contribution is 7.91. The van der Waals surface area contributed by atoms with Gasteiger partial charge in [0.25, 0.3) is 0 Å². The summed E-state index contributed by atoms with van der Waals surface area (Å²) in [5.74, 6) is 0.507. The molecule has 2 fully saturated rings. The van der Waals surface area contributed by atoms with Crippen LogP contribution >= 0.6 is 0 Å². The van der Waals surface area contributed by atoms with Gasteiger partial charge in [-0.3, -0.25) is 10.1 Å². The Kier molecular flexibility index (Phi) is 4.47. The van der Waals surface area contributed by atoms with Gasteiger partial charge in [-0.1, -0.05) is 19.9 Å². The Morgan fingerprint density at radius 3 is 2.38 bits per heavy atom. The molecule has 5 nitrogen and oxygen atoms in total. The van der Waals surface area contributed by atoms with Crippen molar-refractivity contribution in [1.29, 1.82) is 0 Å². The second-order valence-electron chi connectivity index (χ2n) is 7.65. The summed E-state index contributed by atoms with van der Waals surface area (Å²) in [5.41, 5.74) is 2.98. The van der Waals surface area contributed by atoms with Crippen LogP contribution < -0.4 is 10.2 Å². The van der Waals surface area contributed by atoms with Gasteiger partial charge in [-0.15, -0.1) is 0 Å². The van der Waals surface area contributed by atoms with Crippen molar-refractivity contribution in [3.63, 3.8) is 0 Å². The minimum absolute atomic E-state index is 0.00736. The van der Waals surface area contributed by atoms with E-state index in [0.29, 0.717) is 12.3 Å². The molecule has 1 amide bonds. The number of amides is 1. The molecule has 0 spiro atoms. The first-order valence-corrected chi connectivity index (χ1v) is 10.4. The van der Waals surface area contributed by atoms with Gasteiger partial charge in [0.15, 0.2) is 9.84 Å². The lowest BCUT2D eigenvalue weighted by atomic mass is 9.95. The Bertz CT molecular complexity index is 737. The standard InChI is InChI=1S/C18H26N2O3S/c1-11(2)5-15-18(21)20(14-7-12(3)6-13(4)8-14)17-10-24(22,23)9-16(17)19-15/h6-8,11,15-17,19H,5,9-10H2,1-4H3/t15-,16+,17-/m0/s1. The Balaban J connectivity index is 2.03. The van der Waals surface area contributed by atoms with Gasteiger partial charge >= 0.3 is 0 Å². The molecule has 24 heavy (non-hydrogen) atoms. The predicted octanol–water partition coefficient (Wildman–Crippen LogP) is 1.82. The number of fused-ring (bicyclic) bond motifs is 1. The number of carbonyl (C=O) groups excluding carboxylic acids is 1. The summed E-state index contributed by atoms with van der Waals surface area (Å²) < 4.78 is 24.3. The molecule has 3 rings (SSSR count). The van der Waals surface area contributed by atoms with Crippen molar-refractivity contribution < 1.29 is 13.2 Å². The van der Waals surface area contributed by atoms with E-state index in [-0.39, 0.29) is 35.5 Å². The van der Waals surface area contributed by atoms with Gasteiger partial charge in [0, 0.05) is 11.7 Å². The summed E-state index contributed by atoms with van der Waals surface area (Å²) in [6.45, 7) is 8.15. The van der Waals surface area contributed by atoms with Gasteiger partial charge < -0.3 is 4.90 Å². The lowest BCUT2D eigenvalue weighted by molar-refractivity contribution is -0.123. The fraction of sp³-hybridized carbons (Fsp3) is 0.611. The molecule has 0 unspecified atom stereocenters. The molecule has 6 heteroatoms. The van der Waals surface area contributed by atoms with Crippen LogP contribution in [0.4, 0.5) is 5.69 Å². The van der Waals surface area contributed by atoms with Crippen LogP contribution in [0.25, 0.3) is 0 Å². The third-order valence-corrected chi connectivity index (χ3v) is 6.51. The first-order valence-electron chi connectivity index (χ1n) is 8.54. The number of carbonyl (C=O) groups is 1. The van der Waals surface area contributed by atoms with Crippen LogP contribution in [0.3, 0.4) is 0 Å². The van der Waals surface area contributed by atoms with E-state index < -0.39 is 9.84 Å². The van der Waals surface area contributed by atoms with E-state index in [0.717, 1.165) is 16.8 Å². The third kappa shape index (κ3) is 3.35. The maximum Gasteiger partial charge on any atom is 0.244 e. The molecule has 1 aromatic rings. The maximum atomic E-state index is 13.1. The molecule has 0 radical (unpaired) electrons. The smallest absolute Gasteiger partial charge is 0.244 e. The quantitative estimate of drug-likeness (QED) is 0.903. The zero-order chi connectivity index (χ0) is 17.6. The van der Waals surface area contributed by atoms with Crippen molar-refractivity contribution in [1.82, 2.24) is 5.32 Å². The fourth-order valence-electron chi connectivity index (χ4n) is 3.95. The zero-order valence-corrected chi connectivity index (χ0v) is 15.6. The van der Waals surface area contributed by atoms with Gasteiger partial charge in [-0.2, -0.15) is 0 Å². The number of hydrogen-bond donors (Lipinski definition) is 1. The number of benzene rings is 1. The predicted molar refractivity (Wildman–Crippen MR) is 96.0 cm³/mol. The van der Waals surface area contributed by atoms with Crippen molar-refractivity contribution in [2.75, 3.05) is 16.4 Å². The summed E-state index contributed by atoms with van der Waals surface area (Å²) in [4.78, 5) is 14.9. The van der Waals surface area contributed by atoms with Crippen LogP contribution in [0.5, 0.6) is 0 Å². The molecule has 2 aliphatic heterocycles. The SMILES string of the molecule is Cc1cc(C)cc(N2C(=O)[C@H](CC(C)C)N[C@@H]3CS(=O)(=O)C[C@@H]32)c1. The molecule has 2 aliphatic rings. The van der Waals surface area contributed by atoms with E-state index in [1.165, 1.54) is 0 Å². The number of rotatable bonds is 3. The molecule has 132 valence electrons. The van der Waals surface area contributed by atoms with Crippen LogP contribution in [0, 0.1) is 19.8 Å². The average molecular weight is 350 g/mol. The Hall–Kier alpha value is -1.40. The zero-order valence-electron chi connectivity index (χ0n) is 14.7. The van der Waals surface area contributed by atoms with Gasteiger partial charge in [0.05, 0.1) is 23.6 Å². The highest BCUT2D eigenvalue weighted by Crippen LogP contribution is 2.31. The van der Waals surface area contributed by atoms with Crippen LogP contribution in [0.1, 0.15) is 31.4 Å². The summed E-state index contributed by atoms with van der Waals surface area (Å²) in [7, 11) is -3.12. The fourth-order valence-corrected chi connectivity index (χ4v) is 5.86. The van der Waals surface area contributed by atoms with Gasteiger partial charge in [0.1, 0.15) is 0 Å². The maximum absolute atomic E-state index is 13.1. The van der Waals surface area contributed by atoms with Crippen LogP contribution in [-0.4, -0.2) is 44.0 Å². The number of aryl methyl sites for hydroxylation is 2. The average Bonchev–Trinajstić information content (AvgIpc) is 2.71. The highest BCUT2D eigenvalue weighted by atomic mass is 32.2. The molecule has 3 atom stereocenters. The van der Waals surface area contributed by atoms with Crippen molar-refractivity contribution in [2.45, 2.75) is 52.2 Å². The van der Waals surface area contributed by atoms with E-state index in [4.69, 9.17) is 0 Å². The molecule has 0 bridgehead atoms. The molecular formula is C18H26N2O3S. The molecule has 1 N–H and O–H groups in total. The molecule has 1 aromatic carbocycles. The Morgan fingerprint density at radius 1 is 1.17 bits per heavy atom. The topological polar surface area (TPSA) is 66.5 Å². The number of sulfone groups is 1. The minimum Gasteiger partial charge on any atom is -0.305 e. The van der Waals surface area contributed by atoms with E-state index in [2.05, 4.69) is 25.2 Å². The first-order chi connectivity index (χ1) is 11.2. The van der Waals surface area contributed by atoms with Gasteiger partial charge in [-0.05, 0) is 49.4 Å². The van der Waals surface area contributed by atoms with Crippen molar-refractivity contribution in [3.05, 3.63) is 29.3 Å². The number of nitrogens with zero attached hydrogens (tertiary/aromatic N) is 1. The minimum atomic E-state index is -3.12. The molecule has 0 aromatic heterocycles. The summed E-state index contributed by atoms with van der Waals surface area (Å²) in [6, 6.07) is 5.20. The molecule has 2 heterocycles. The second-order valence-corrected chi connectivity index (χ2v) is 9.81. The summed E-state index contributed by atoms with van der Waals surface area (Å²) in [6.07, 6.45) is 0.712. The van der Waals surface area contributed by atoms with E-state index >= 15 is 0 Å². The van der Waals surface area contributed by atoms with E-state index in [1.807, 2.05) is 26.0 Å². The molecule has 2 saturated heterocycles. The van der Waals surface area contributed by atoms with Crippen molar-refractivity contribution in [3.8, 4) is 0 Å². The molecular weight excluding hydrogens is 324 g/mol. The highest BCUT2D eigenvalue weighted by Gasteiger charge is 2.49. The molecule has 0 aliphatic carbocycles. The number of nitrogens with one attached hydrogen (secondary N) is 1. The van der Waals surface area contributed by atoms with E-state index in [1.54, 1.807) is 4.90 Å². The normalized spacial score (nSPS) is 29.1. The number of hydrogen-bond acceptors (Lipinski definition) is 4. The Morgan fingerprint density at radius 2 is 1.79 bits per heavy atom. The third-order valence-electron chi connectivity index (χ3n) is 4.80. The van der Waals surface area contributed by atoms with Gasteiger partial charge in [0.2, 0.25) is 5.91 Å². The monoisotopic (exact) mass is 350 g/mol. The molecule has 0 saturated carbocycles. The van der Waals surface area contributed by atoms with Crippen molar-refractivity contribution >= 4 is 21.4 Å². The number of piperazine rings is 1. The lowest BCUT2D eigenvalue weighted by Crippen LogP contribution is -2.65. The van der Waals surface area contributed by atoms with Crippen molar-refractivity contribution in [2.24, 2.45) is 5.92 Å². The second kappa shape index (κ2) is 6.15. The largest absolute Gasteiger partial charge is 0.305 e. The Labute approximate surface area is 144 Å².